The number of carbonyl (C=O) groups is 1. The molecule has 0 radical (unpaired) electrons. The van der Waals surface area contributed by atoms with Gasteiger partial charge in [0.2, 0.25) is 5.91 Å². The molecule has 2 aliphatic rings. The molecule has 0 bridgehead atoms. The van der Waals surface area contributed by atoms with Crippen molar-refractivity contribution in [1.29, 1.82) is 0 Å². The predicted octanol–water partition coefficient (Wildman–Crippen LogP) is -0.278. The third-order valence-corrected chi connectivity index (χ3v) is 3.73. The molecule has 1 saturated heterocycles. The monoisotopic (exact) mass is 242 g/mol. The number of aliphatic hydroxyl groups is 1. The quantitative estimate of drug-likeness (QED) is 0.698. The molecule has 1 aliphatic heterocycles. The van der Waals surface area contributed by atoms with E-state index in [9.17, 15) is 4.79 Å². The number of hydrogen-bond acceptors (Lipinski definition) is 4. The number of aliphatic hydroxyl groups excluding tert-OH is 1. The summed E-state index contributed by atoms with van der Waals surface area (Å²) in [5.74, 6) is 0.114. The molecule has 5 nitrogen and oxygen atoms in total. The summed E-state index contributed by atoms with van der Waals surface area (Å²) in [6, 6.07) is 0.00762. The summed E-state index contributed by atoms with van der Waals surface area (Å²) >= 11 is 0. The van der Waals surface area contributed by atoms with Crippen LogP contribution in [-0.4, -0.2) is 53.9 Å². The Kier molecular flexibility index (Phi) is 4.01. The summed E-state index contributed by atoms with van der Waals surface area (Å²) in [5, 5.41) is 9.14. The Balaban J connectivity index is 1.98. The van der Waals surface area contributed by atoms with Crippen LogP contribution >= 0.6 is 0 Å². The van der Waals surface area contributed by atoms with Gasteiger partial charge in [-0.2, -0.15) is 0 Å². The van der Waals surface area contributed by atoms with Crippen molar-refractivity contribution in [2.24, 2.45) is 11.7 Å². The van der Waals surface area contributed by atoms with Crippen LogP contribution in [0.5, 0.6) is 0 Å². The van der Waals surface area contributed by atoms with Gasteiger partial charge in [-0.15, -0.1) is 0 Å². The number of amides is 1. The van der Waals surface area contributed by atoms with Gasteiger partial charge in [0.05, 0.1) is 24.7 Å². The second-order valence-electron chi connectivity index (χ2n) is 5.20. The molecule has 17 heavy (non-hydrogen) atoms. The van der Waals surface area contributed by atoms with Gasteiger partial charge in [0.1, 0.15) is 0 Å². The van der Waals surface area contributed by atoms with E-state index in [-0.39, 0.29) is 36.7 Å². The minimum absolute atomic E-state index is 0.00762. The fourth-order valence-corrected chi connectivity index (χ4v) is 2.86. The maximum Gasteiger partial charge on any atom is 0.227 e. The number of ether oxygens (including phenoxy) is 1. The van der Waals surface area contributed by atoms with E-state index in [1.807, 2.05) is 11.8 Å². The van der Waals surface area contributed by atoms with Gasteiger partial charge in [0.25, 0.3) is 0 Å². The molecule has 4 unspecified atom stereocenters. The zero-order valence-corrected chi connectivity index (χ0v) is 10.3. The Morgan fingerprint density at radius 1 is 1.47 bits per heavy atom. The van der Waals surface area contributed by atoms with Gasteiger partial charge >= 0.3 is 0 Å². The Morgan fingerprint density at radius 3 is 2.82 bits per heavy atom. The third-order valence-electron chi connectivity index (χ3n) is 3.73. The molecule has 0 aromatic rings. The first-order valence-electron chi connectivity index (χ1n) is 6.42. The van der Waals surface area contributed by atoms with E-state index in [1.54, 1.807) is 0 Å². The van der Waals surface area contributed by atoms with Gasteiger partial charge in [-0.3, -0.25) is 4.79 Å². The highest BCUT2D eigenvalue weighted by atomic mass is 16.5. The minimum atomic E-state index is -0.250. The molecule has 0 aromatic carbocycles. The van der Waals surface area contributed by atoms with Crippen LogP contribution in [0.4, 0.5) is 0 Å². The molecule has 0 aromatic heterocycles. The largest absolute Gasteiger partial charge is 0.394 e. The van der Waals surface area contributed by atoms with E-state index in [4.69, 9.17) is 15.6 Å². The number of nitrogens with zero attached hydrogens (tertiary/aromatic N) is 1. The number of morpholine rings is 1. The van der Waals surface area contributed by atoms with E-state index in [1.165, 1.54) is 0 Å². The Bertz CT molecular complexity index is 285. The van der Waals surface area contributed by atoms with Crippen LogP contribution in [0.15, 0.2) is 0 Å². The van der Waals surface area contributed by atoms with Crippen molar-refractivity contribution in [2.45, 2.75) is 44.4 Å². The van der Waals surface area contributed by atoms with Gasteiger partial charge in [-0.05, 0) is 19.8 Å². The van der Waals surface area contributed by atoms with Crippen molar-refractivity contribution in [3.8, 4) is 0 Å². The highest BCUT2D eigenvalue weighted by Crippen LogP contribution is 2.27. The first-order chi connectivity index (χ1) is 8.11. The van der Waals surface area contributed by atoms with Crippen molar-refractivity contribution in [1.82, 2.24) is 4.90 Å². The second-order valence-corrected chi connectivity index (χ2v) is 5.20. The summed E-state index contributed by atoms with van der Waals surface area (Å²) in [6.45, 7) is 2.99. The fourth-order valence-electron chi connectivity index (χ4n) is 2.86. The van der Waals surface area contributed by atoms with Crippen molar-refractivity contribution < 1.29 is 14.6 Å². The topological polar surface area (TPSA) is 75.8 Å². The molecule has 0 spiro atoms. The summed E-state index contributed by atoms with van der Waals surface area (Å²) < 4.78 is 5.53. The molecular weight excluding hydrogens is 220 g/mol. The molecule has 5 heteroatoms. The van der Waals surface area contributed by atoms with Gasteiger partial charge in [-0.25, -0.2) is 0 Å². The van der Waals surface area contributed by atoms with Crippen LogP contribution < -0.4 is 5.73 Å². The van der Waals surface area contributed by atoms with E-state index >= 15 is 0 Å². The molecule has 1 saturated carbocycles. The molecule has 98 valence electrons. The Labute approximate surface area is 102 Å². The van der Waals surface area contributed by atoms with Gasteiger partial charge < -0.3 is 20.5 Å². The lowest BCUT2D eigenvalue weighted by molar-refractivity contribution is -0.151. The maximum absolute atomic E-state index is 12.3. The first kappa shape index (κ1) is 12.8. The van der Waals surface area contributed by atoms with Crippen molar-refractivity contribution >= 4 is 5.91 Å². The van der Waals surface area contributed by atoms with Crippen LogP contribution in [0.25, 0.3) is 0 Å². The lowest BCUT2D eigenvalue weighted by Crippen LogP contribution is -2.53. The number of carbonyl (C=O) groups excluding carboxylic acids is 1. The smallest absolute Gasteiger partial charge is 0.227 e. The molecule has 3 N–H and O–H groups in total. The average Bonchev–Trinajstić information content (AvgIpc) is 2.73. The lowest BCUT2D eigenvalue weighted by Gasteiger charge is -2.37. The van der Waals surface area contributed by atoms with E-state index < -0.39 is 0 Å². The Hall–Kier alpha value is -0.650. The van der Waals surface area contributed by atoms with Gasteiger partial charge in [-0.1, -0.05) is 6.42 Å². The minimum Gasteiger partial charge on any atom is -0.394 e. The maximum atomic E-state index is 12.3. The van der Waals surface area contributed by atoms with Crippen LogP contribution in [0.3, 0.4) is 0 Å². The zero-order chi connectivity index (χ0) is 12.4. The van der Waals surface area contributed by atoms with E-state index in [0.29, 0.717) is 13.1 Å². The molecule has 2 fully saturated rings. The number of hydrogen-bond donors (Lipinski definition) is 2. The summed E-state index contributed by atoms with van der Waals surface area (Å²) in [6.07, 6.45) is 2.62. The lowest BCUT2D eigenvalue weighted by atomic mass is 10.0. The van der Waals surface area contributed by atoms with Crippen molar-refractivity contribution in [3.05, 3.63) is 0 Å². The highest BCUT2D eigenvalue weighted by Gasteiger charge is 2.36. The zero-order valence-electron chi connectivity index (χ0n) is 10.3. The molecule has 2 rings (SSSR count). The third kappa shape index (κ3) is 2.78. The summed E-state index contributed by atoms with van der Waals surface area (Å²) in [4.78, 5) is 14.1. The normalized spacial score (nSPS) is 38.4. The molecule has 1 amide bonds. The second kappa shape index (κ2) is 5.33. The van der Waals surface area contributed by atoms with Gasteiger partial charge in [0, 0.05) is 19.1 Å². The van der Waals surface area contributed by atoms with Gasteiger partial charge in [0.15, 0.2) is 0 Å². The van der Waals surface area contributed by atoms with E-state index in [0.717, 1.165) is 19.3 Å². The molecular formula is C12H22N2O3. The number of rotatable bonds is 2. The van der Waals surface area contributed by atoms with Crippen LogP contribution in [-0.2, 0) is 9.53 Å². The van der Waals surface area contributed by atoms with Crippen LogP contribution in [0, 0.1) is 5.92 Å². The summed E-state index contributed by atoms with van der Waals surface area (Å²) in [7, 11) is 0. The SMILES string of the molecule is CC1CN(C(=O)C2CCCC2N)CC(CO)O1. The van der Waals surface area contributed by atoms with Crippen molar-refractivity contribution in [2.75, 3.05) is 19.7 Å². The van der Waals surface area contributed by atoms with E-state index in [2.05, 4.69) is 0 Å². The Morgan fingerprint density at radius 2 is 2.24 bits per heavy atom. The standard InChI is InChI=1S/C12H22N2O3/c1-8-5-14(6-9(7-15)17-8)12(16)10-3-2-4-11(10)13/h8-11,15H,2-7,13H2,1H3. The van der Waals surface area contributed by atoms with Crippen LogP contribution in [0.1, 0.15) is 26.2 Å². The number of nitrogens with two attached hydrogens (primary N) is 1. The first-order valence-corrected chi connectivity index (χ1v) is 6.42. The predicted molar refractivity (Wildman–Crippen MR) is 63.3 cm³/mol. The van der Waals surface area contributed by atoms with Crippen molar-refractivity contribution in [3.63, 3.8) is 0 Å². The molecule has 1 heterocycles. The fraction of sp³-hybridized carbons (Fsp3) is 0.917. The molecule has 1 aliphatic carbocycles. The molecule has 4 atom stereocenters. The highest BCUT2D eigenvalue weighted by molar-refractivity contribution is 5.80. The van der Waals surface area contributed by atoms with Crippen LogP contribution in [0.2, 0.25) is 0 Å². The summed E-state index contributed by atoms with van der Waals surface area (Å²) in [5.41, 5.74) is 5.96. The average molecular weight is 242 g/mol.